The Labute approximate surface area is 162 Å². The Hall–Kier alpha value is -2.46. The van der Waals surface area contributed by atoms with E-state index in [0.717, 1.165) is 24.6 Å². The molecule has 1 aromatic carbocycles. The summed E-state index contributed by atoms with van der Waals surface area (Å²) in [5.41, 5.74) is -2.56. The molecule has 0 amide bonds. The number of hydrogen-bond acceptors (Lipinski definition) is 5. The molecule has 10 heteroatoms. The van der Waals surface area contributed by atoms with Gasteiger partial charge in [-0.1, -0.05) is 13.3 Å². The quantitative estimate of drug-likeness (QED) is 0.581. The number of rotatable bonds is 6. The molecule has 28 heavy (non-hydrogen) atoms. The van der Waals surface area contributed by atoms with Crippen molar-refractivity contribution in [3.8, 4) is 5.69 Å². The molecular weight excluding hydrogens is 395 g/mol. The maximum atomic E-state index is 13.0. The van der Waals surface area contributed by atoms with Crippen molar-refractivity contribution in [2.75, 3.05) is 6.61 Å². The molecule has 2 heterocycles. The second-order valence-corrected chi connectivity index (χ2v) is 7.06. The smallest absolute Gasteiger partial charge is 0.375 e. The Kier molecular flexibility index (Phi) is 5.71. The molecule has 0 aliphatic rings. The molecule has 0 aliphatic carbocycles. The molecule has 0 saturated heterocycles. The lowest BCUT2D eigenvalue weighted by atomic mass is 10.2. The summed E-state index contributed by atoms with van der Waals surface area (Å²) in [4.78, 5) is 24.7. The van der Waals surface area contributed by atoms with Crippen LogP contribution in [0.2, 0.25) is 0 Å². The first-order chi connectivity index (χ1) is 13.2. The topological polar surface area (TPSA) is 66.1 Å². The van der Waals surface area contributed by atoms with Crippen molar-refractivity contribution in [3.05, 3.63) is 56.5 Å². The van der Waals surface area contributed by atoms with Gasteiger partial charge >= 0.3 is 11.9 Å². The van der Waals surface area contributed by atoms with E-state index in [4.69, 9.17) is 4.74 Å². The van der Waals surface area contributed by atoms with Crippen LogP contribution in [0.5, 0.6) is 0 Å². The maximum Gasteiger partial charge on any atom is 0.431 e. The highest BCUT2D eigenvalue weighted by molar-refractivity contribution is 7.13. The average molecular weight is 413 g/mol. The van der Waals surface area contributed by atoms with Crippen LogP contribution in [0, 0.1) is 0 Å². The number of alkyl halides is 3. The van der Waals surface area contributed by atoms with Crippen molar-refractivity contribution in [3.63, 3.8) is 0 Å². The minimum Gasteiger partial charge on any atom is -0.375 e. The summed E-state index contributed by atoms with van der Waals surface area (Å²) in [7, 11) is 0.985. The zero-order valence-electron chi connectivity index (χ0n) is 15.2. The van der Waals surface area contributed by atoms with E-state index in [-0.39, 0.29) is 12.3 Å². The van der Waals surface area contributed by atoms with Crippen LogP contribution in [0.15, 0.2) is 33.9 Å². The lowest BCUT2D eigenvalue weighted by molar-refractivity contribution is -0.144. The molecule has 0 unspecified atom stereocenters. The predicted molar refractivity (Wildman–Crippen MR) is 100 cm³/mol. The van der Waals surface area contributed by atoms with Gasteiger partial charge in [0.25, 0.3) is 5.56 Å². The average Bonchev–Trinajstić information content (AvgIpc) is 3.03. The molecular formula is C18H18F3N3O3S. The molecule has 2 aromatic heterocycles. The molecule has 0 fully saturated rings. The number of aromatic nitrogens is 3. The van der Waals surface area contributed by atoms with Gasteiger partial charge in [0.1, 0.15) is 5.69 Å². The lowest BCUT2D eigenvalue weighted by Gasteiger charge is -2.14. The third-order valence-electron chi connectivity index (χ3n) is 4.28. The van der Waals surface area contributed by atoms with E-state index in [9.17, 15) is 22.8 Å². The Morgan fingerprint density at radius 3 is 2.64 bits per heavy atom. The summed E-state index contributed by atoms with van der Waals surface area (Å²) in [6.45, 7) is 2.92. The molecule has 0 spiro atoms. The first kappa shape index (κ1) is 20.3. The summed E-state index contributed by atoms with van der Waals surface area (Å²) in [6.07, 6.45) is -2.87. The molecule has 6 nitrogen and oxygen atoms in total. The fourth-order valence-electron chi connectivity index (χ4n) is 2.77. The van der Waals surface area contributed by atoms with Crippen LogP contribution >= 0.6 is 11.5 Å². The van der Waals surface area contributed by atoms with Crippen molar-refractivity contribution in [1.82, 2.24) is 13.5 Å². The second-order valence-electron chi connectivity index (χ2n) is 6.26. The first-order valence-corrected chi connectivity index (χ1v) is 9.38. The molecule has 3 aromatic rings. The van der Waals surface area contributed by atoms with E-state index in [1.54, 1.807) is 12.1 Å². The van der Waals surface area contributed by atoms with Crippen LogP contribution < -0.4 is 11.2 Å². The minimum atomic E-state index is -4.80. The number of unbranched alkanes of at least 4 members (excludes halogenated alkanes) is 1. The van der Waals surface area contributed by atoms with Gasteiger partial charge in [0.05, 0.1) is 22.7 Å². The van der Waals surface area contributed by atoms with Gasteiger partial charge < -0.3 is 4.74 Å². The Balaban J connectivity index is 2.06. The van der Waals surface area contributed by atoms with E-state index < -0.39 is 23.1 Å². The van der Waals surface area contributed by atoms with Gasteiger partial charge in [-0.3, -0.25) is 9.36 Å². The van der Waals surface area contributed by atoms with Crippen LogP contribution in [0.1, 0.15) is 31.2 Å². The summed E-state index contributed by atoms with van der Waals surface area (Å²) in [6, 6.07) is 5.19. The summed E-state index contributed by atoms with van der Waals surface area (Å²) < 4.78 is 50.9. The minimum absolute atomic E-state index is 0.182. The highest BCUT2D eigenvalue weighted by Crippen LogP contribution is 2.28. The number of ether oxygens (including phenoxy) is 1. The third kappa shape index (κ3) is 3.88. The van der Waals surface area contributed by atoms with Crippen molar-refractivity contribution in [2.24, 2.45) is 7.05 Å². The van der Waals surface area contributed by atoms with E-state index in [1.165, 1.54) is 17.6 Å². The summed E-state index contributed by atoms with van der Waals surface area (Å²) in [5.74, 6) is 0. The van der Waals surface area contributed by atoms with Gasteiger partial charge in [-0.15, -0.1) is 0 Å². The number of nitrogens with zero attached hydrogens (tertiary/aromatic N) is 3. The van der Waals surface area contributed by atoms with Crippen LogP contribution in [-0.4, -0.2) is 20.1 Å². The van der Waals surface area contributed by atoms with E-state index >= 15 is 0 Å². The molecule has 0 N–H and O–H groups in total. The monoisotopic (exact) mass is 413 g/mol. The molecule has 0 atom stereocenters. The van der Waals surface area contributed by atoms with Gasteiger partial charge in [-0.05, 0) is 36.2 Å². The summed E-state index contributed by atoms with van der Waals surface area (Å²) >= 11 is 1.25. The maximum absolute atomic E-state index is 13.0. The third-order valence-corrected chi connectivity index (χ3v) is 5.14. The summed E-state index contributed by atoms with van der Waals surface area (Å²) in [5, 5.41) is 0.702. The van der Waals surface area contributed by atoms with Gasteiger partial charge in [0.15, 0.2) is 0 Å². The van der Waals surface area contributed by atoms with E-state index in [1.807, 2.05) is 0 Å². The SMILES string of the molecule is CCCCOCc1nsc2ccc(-n3c(=O)cc(C(F)(F)F)n(C)c3=O)cc12. The molecule has 0 saturated carbocycles. The number of benzene rings is 1. The molecule has 0 radical (unpaired) electrons. The van der Waals surface area contributed by atoms with Gasteiger partial charge in [0.2, 0.25) is 0 Å². The van der Waals surface area contributed by atoms with Gasteiger partial charge in [-0.25, -0.2) is 9.36 Å². The van der Waals surface area contributed by atoms with Crippen molar-refractivity contribution < 1.29 is 17.9 Å². The second kappa shape index (κ2) is 7.88. The van der Waals surface area contributed by atoms with Crippen LogP contribution in [0.25, 0.3) is 15.8 Å². The van der Waals surface area contributed by atoms with Gasteiger partial charge in [0, 0.05) is 25.1 Å². The Bertz CT molecular complexity index is 1120. The number of halogens is 3. The molecule has 150 valence electrons. The first-order valence-electron chi connectivity index (χ1n) is 8.60. The highest BCUT2D eigenvalue weighted by atomic mass is 32.1. The van der Waals surface area contributed by atoms with Crippen molar-refractivity contribution >= 4 is 21.6 Å². The lowest BCUT2D eigenvalue weighted by Crippen LogP contribution is -2.40. The standard InChI is InChI=1S/C18H18F3N3O3S/c1-3-4-7-27-10-13-12-8-11(5-6-14(12)28-22-13)24-16(25)9-15(18(19,20)21)23(2)17(24)26/h5-6,8-9H,3-4,7,10H2,1-2H3. The van der Waals surface area contributed by atoms with Crippen LogP contribution in [-0.2, 0) is 24.6 Å². The predicted octanol–water partition coefficient (Wildman–Crippen LogP) is 3.48. The van der Waals surface area contributed by atoms with Crippen molar-refractivity contribution in [2.45, 2.75) is 32.5 Å². The Morgan fingerprint density at radius 1 is 1.21 bits per heavy atom. The number of hydrogen-bond donors (Lipinski definition) is 0. The van der Waals surface area contributed by atoms with E-state index in [2.05, 4.69) is 11.3 Å². The molecule has 0 bridgehead atoms. The van der Waals surface area contributed by atoms with Crippen LogP contribution in [0.4, 0.5) is 13.2 Å². The fourth-order valence-corrected chi connectivity index (χ4v) is 3.53. The Morgan fingerprint density at radius 2 is 1.96 bits per heavy atom. The number of fused-ring (bicyclic) bond motifs is 1. The van der Waals surface area contributed by atoms with Gasteiger partial charge in [-0.2, -0.15) is 17.5 Å². The normalized spacial score (nSPS) is 12.0. The largest absolute Gasteiger partial charge is 0.431 e. The fraction of sp³-hybridized carbons (Fsp3) is 0.389. The zero-order chi connectivity index (χ0) is 20.5. The molecule has 3 rings (SSSR count). The molecule has 0 aliphatic heterocycles. The van der Waals surface area contributed by atoms with Crippen LogP contribution in [0.3, 0.4) is 0 Å². The highest BCUT2D eigenvalue weighted by Gasteiger charge is 2.35. The zero-order valence-corrected chi connectivity index (χ0v) is 16.1. The van der Waals surface area contributed by atoms with Crippen molar-refractivity contribution in [1.29, 1.82) is 0 Å². The van der Waals surface area contributed by atoms with E-state index in [0.29, 0.717) is 32.9 Å².